The Morgan fingerprint density at radius 2 is 2.02 bits per heavy atom. The maximum absolute atomic E-state index is 14.1. The molecule has 2 aliphatic rings. The number of piperidine rings is 1. The van der Waals surface area contributed by atoms with E-state index in [-0.39, 0.29) is 47.0 Å². The standard InChI is InChI=1S/C30H32ClFN6O4/c1-16-3-4-21(32)27(26(16)31)42-15-19(39)13-34-22-5-8-33-29(40)25(22)28-35-23-11-17-14-38(18-6-9-37(2)10-7-18)30(41)20(17)12-24(23)36-28/h3-5,8,11-12,18-19,39H,6-7,9-10,13-15H2,1-2H3,(H,35,36)(H2,33,34,40). The van der Waals surface area contributed by atoms with Crippen LogP contribution in [0, 0.1) is 12.7 Å². The number of anilines is 1. The molecule has 12 heteroatoms. The van der Waals surface area contributed by atoms with Gasteiger partial charge in [-0.05, 0) is 75.3 Å². The first-order valence-corrected chi connectivity index (χ1v) is 14.3. The van der Waals surface area contributed by atoms with E-state index in [1.807, 2.05) is 11.0 Å². The number of aromatic nitrogens is 3. The highest BCUT2D eigenvalue weighted by molar-refractivity contribution is 6.32. The molecule has 2 aromatic carbocycles. The van der Waals surface area contributed by atoms with E-state index in [9.17, 15) is 19.1 Å². The Kier molecular flexibility index (Phi) is 7.65. The van der Waals surface area contributed by atoms with Crippen LogP contribution in [-0.4, -0.2) is 81.2 Å². The number of aromatic amines is 2. The van der Waals surface area contributed by atoms with E-state index in [0.29, 0.717) is 34.7 Å². The lowest BCUT2D eigenvalue weighted by atomic mass is 10.0. The number of rotatable bonds is 8. The maximum Gasteiger partial charge on any atom is 0.261 e. The molecule has 1 amide bonds. The van der Waals surface area contributed by atoms with Gasteiger partial charge >= 0.3 is 0 Å². The topological polar surface area (TPSA) is 127 Å². The highest BCUT2D eigenvalue weighted by Gasteiger charge is 2.34. The van der Waals surface area contributed by atoms with E-state index < -0.39 is 11.9 Å². The zero-order valence-electron chi connectivity index (χ0n) is 23.3. The van der Waals surface area contributed by atoms with Crippen LogP contribution in [-0.2, 0) is 6.54 Å². The number of nitrogens with one attached hydrogen (secondary N) is 3. The molecular weight excluding hydrogens is 563 g/mol. The summed E-state index contributed by atoms with van der Waals surface area (Å²) in [4.78, 5) is 41.0. The molecule has 10 nitrogen and oxygen atoms in total. The molecule has 0 radical (unpaired) electrons. The number of carbonyl (C=O) groups is 1. The van der Waals surface area contributed by atoms with E-state index in [1.54, 1.807) is 25.1 Å². The predicted octanol–water partition coefficient (Wildman–Crippen LogP) is 3.92. The van der Waals surface area contributed by atoms with Crippen molar-refractivity contribution >= 4 is 34.2 Å². The highest BCUT2D eigenvalue weighted by Crippen LogP contribution is 2.33. The molecule has 6 rings (SSSR count). The SMILES string of the molecule is Cc1ccc(F)c(OCC(O)CNc2cc[nH]c(=O)c2-c2nc3cc4c(cc3[nH]2)CN(C2CCN(C)CC2)C4=O)c1Cl. The minimum atomic E-state index is -1.04. The first-order chi connectivity index (χ1) is 20.2. The summed E-state index contributed by atoms with van der Waals surface area (Å²) >= 11 is 6.15. The summed E-state index contributed by atoms with van der Waals surface area (Å²) in [5.41, 5.74) is 3.87. The van der Waals surface area contributed by atoms with Crippen LogP contribution in [0.3, 0.4) is 0 Å². The minimum Gasteiger partial charge on any atom is -0.486 e. The number of likely N-dealkylation sites (tertiary alicyclic amines) is 1. The van der Waals surface area contributed by atoms with Crippen molar-refractivity contribution in [3.8, 4) is 17.1 Å². The van der Waals surface area contributed by atoms with Gasteiger partial charge in [-0.3, -0.25) is 9.59 Å². The zero-order chi connectivity index (χ0) is 29.5. The number of pyridine rings is 1. The molecule has 1 fully saturated rings. The fraction of sp³-hybridized carbons (Fsp3) is 0.367. The predicted molar refractivity (Wildman–Crippen MR) is 159 cm³/mol. The average molecular weight is 595 g/mol. The van der Waals surface area contributed by atoms with Crippen LogP contribution in [0.1, 0.15) is 34.3 Å². The Morgan fingerprint density at radius 3 is 2.81 bits per heavy atom. The molecule has 4 heterocycles. The van der Waals surface area contributed by atoms with Crippen molar-refractivity contribution in [2.24, 2.45) is 0 Å². The summed E-state index contributed by atoms with van der Waals surface area (Å²) in [6.45, 7) is 4.03. The molecule has 1 atom stereocenters. The van der Waals surface area contributed by atoms with Crippen molar-refractivity contribution in [1.82, 2.24) is 24.8 Å². The number of H-pyrrole nitrogens is 2. The molecule has 1 saturated heterocycles. The third kappa shape index (κ3) is 5.35. The fourth-order valence-corrected chi connectivity index (χ4v) is 5.86. The lowest BCUT2D eigenvalue weighted by molar-refractivity contribution is 0.0617. The number of benzene rings is 2. The Labute approximate surface area is 246 Å². The molecule has 4 aromatic rings. The molecule has 0 aliphatic carbocycles. The third-order valence-corrected chi connectivity index (χ3v) is 8.53. The van der Waals surface area contributed by atoms with E-state index in [2.05, 4.69) is 32.2 Å². The lowest BCUT2D eigenvalue weighted by Crippen LogP contribution is -2.43. The molecule has 2 aromatic heterocycles. The van der Waals surface area contributed by atoms with E-state index in [0.717, 1.165) is 37.0 Å². The van der Waals surface area contributed by atoms with Crippen molar-refractivity contribution in [2.75, 3.05) is 38.6 Å². The number of halogens is 2. The van der Waals surface area contributed by atoms with Crippen LogP contribution in [0.25, 0.3) is 22.4 Å². The second-order valence-corrected chi connectivity index (χ2v) is 11.4. The molecule has 0 bridgehead atoms. The van der Waals surface area contributed by atoms with Crippen LogP contribution in [0.15, 0.2) is 41.3 Å². The van der Waals surface area contributed by atoms with Crippen LogP contribution in [0.5, 0.6) is 5.75 Å². The Hall–Kier alpha value is -3.93. The Balaban J connectivity index is 1.18. The summed E-state index contributed by atoms with van der Waals surface area (Å²) in [6, 6.07) is 8.43. The van der Waals surface area contributed by atoms with Crippen molar-refractivity contribution in [3.05, 3.63) is 74.4 Å². The van der Waals surface area contributed by atoms with Gasteiger partial charge in [0, 0.05) is 30.9 Å². The largest absolute Gasteiger partial charge is 0.486 e. The number of aryl methyl sites for hydroxylation is 1. The van der Waals surface area contributed by atoms with Gasteiger partial charge in [-0.25, -0.2) is 9.37 Å². The van der Waals surface area contributed by atoms with Gasteiger partial charge in [0.1, 0.15) is 24.1 Å². The normalized spacial score (nSPS) is 16.7. The van der Waals surface area contributed by atoms with Gasteiger partial charge < -0.3 is 34.9 Å². The molecule has 42 heavy (non-hydrogen) atoms. The van der Waals surface area contributed by atoms with Gasteiger partial charge in [-0.15, -0.1) is 0 Å². The summed E-state index contributed by atoms with van der Waals surface area (Å²) in [7, 11) is 2.10. The molecule has 2 aliphatic heterocycles. The zero-order valence-corrected chi connectivity index (χ0v) is 24.1. The van der Waals surface area contributed by atoms with Gasteiger partial charge in [0.15, 0.2) is 11.6 Å². The Morgan fingerprint density at radius 1 is 1.24 bits per heavy atom. The lowest BCUT2D eigenvalue weighted by Gasteiger charge is -2.34. The van der Waals surface area contributed by atoms with Crippen LogP contribution >= 0.6 is 11.6 Å². The number of nitrogens with zero attached hydrogens (tertiary/aromatic N) is 3. The van der Waals surface area contributed by atoms with Crippen molar-refractivity contribution in [1.29, 1.82) is 0 Å². The third-order valence-electron chi connectivity index (χ3n) is 8.06. The van der Waals surface area contributed by atoms with Crippen LogP contribution < -0.4 is 15.6 Å². The number of fused-ring (bicyclic) bond motifs is 2. The molecule has 220 valence electrons. The van der Waals surface area contributed by atoms with E-state index in [4.69, 9.17) is 16.3 Å². The van der Waals surface area contributed by atoms with Crippen LogP contribution in [0.4, 0.5) is 10.1 Å². The number of hydrogen-bond donors (Lipinski definition) is 4. The summed E-state index contributed by atoms with van der Waals surface area (Å²) in [6.07, 6.45) is 2.37. The number of ether oxygens (including phenoxy) is 1. The number of amides is 1. The first kappa shape index (κ1) is 28.2. The second kappa shape index (κ2) is 11.4. The van der Waals surface area contributed by atoms with Gasteiger partial charge in [-0.1, -0.05) is 17.7 Å². The summed E-state index contributed by atoms with van der Waals surface area (Å²) < 4.78 is 19.6. The number of aliphatic hydroxyl groups is 1. The van der Waals surface area contributed by atoms with Gasteiger partial charge in [0.2, 0.25) is 0 Å². The average Bonchev–Trinajstić information content (AvgIpc) is 3.53. The number of imidazole rings is 1. The number of hydrogen-bond acceptors (Lipinski definition) is 7. The molecule has 1 unspecified atom stereocenters. The quantitative estimate of drug-likeness (QED) is 0.244. The monoisotopic (exact) mass is 594 g/mol. The van der Waals surface area contributed by atoms with Gasteiger partial charge in [0.05, 0.1) is 21.7 Å². The van der Waals surface area contributed by atoms with Crippen LogP contribution in [0.2, 0.25) is 5.02 Å². The number of aliphatic hydroxyl groups excluding tert-OH is 1. The van der Waals surface area contributed by atoms with E-state index in [1.165, 1.54) is 12.3 Å². The van der Waals surface area contributed by atoms with E-state index >= 15 is 0 Å². The van der Waals surface area contributed by atoms with Gasteiger partial charge in [0.25, 0.3) is 11.5 Å². The minimum absolute atomic E-state index is 0.0112. The number of carbonyl (C=O) groups excluding carboxylic acids is 1. The Bertz CT molecular complexity index is 1710. The van der Waals surface area contributed by atoms with Crippen molar-refractivity contribution in [2.45, 2.75) is 38.5 Å². The highest BCUT2D eigenvalue weighted by atomic mass is 35.5. The maximum atomic E-state index is 14.1. The van der Waals surface area contributed by atoms with Gasteiger partial charge in [-0.2, -0.15) is 0 Å². The van der Waals surface area contributed by atoms with Crippen molar-refractivity contribution in [3.63, 3.8) is 0 Å². The summed E-state index contributed by atoms with van der Waals surface area (Å²) in [5, 5.41) is 13.7. The molecule has 0 spiro atoms. The molecular formula is C30H32ClFN6O4. The molecule has 4 N–H and O–H groups in total. The van der Waals surface area contributed by atoms with Crippen molar-refractivity contribution < 1.29 is 19.0 Å². The first-order valence-electron chi connectivity index (χ1n) is 13.9. The smallest absolute Gasteiger partial charge is 0.261 e. The second-order valence-electron chi connectivity index (χ2n) is 11.0. The molecule has 0 saturated carbocycles. The summed E-state index contributed by atoms with van der Waals surface area (Å²) in [5.74, 6) is -0.379. The fourth-order valence-electron chi connectivity index (χ4n) is 5.65.